The summed E-state index contributed by atoms with van der Waals surface area (Å²) in [6.45, 7) is 0. The summed E-state index contributed by atoms with van der Waals surface area (Å²) < 4.78 is 9.16. The lowest BCUT2D eigenvalue weighted by atomic mass is 11.0. The zero-order valence-corrected chi connectivity index (χ0v) is 4.72. The third-order valence-electron chi connectivity index (χ3n) is 0.964. The Hall–Kier alpha value is -0.990. The molecule has 0 heterocycles. The number of methoxy groups -OCH3 is 2. The molecule has 0 aromatic heterocycles. The van der Waals surface area contributed by atoms with Crippen molar-refractivity contribution < 1.29 is 9.47 Å². The summed E-state index contributed by atoms with van der Waals surface area (Å²) in [6, 6.07) is 0. The average Bonchev–Trinajstić information content (AvgIpc) is 2.40. The molecule has 3 nitrogen and oxygen atoms in total. The van der Waals surface area contributed by atoms with Crippen molar-refractivity contribution in [2.24, 2.45) is 0 Å². The normalized spacial score (nSPS) is 9.75. The van der Waals surface area contributed by atoms with Gasteiger partial charge in [0.15, 0.2) is 0 Å². The van der Waals surface area contributed by atoms with Crippen molar-refractivity contribution in [3.63, 3.8) is 0 Å². The standard InChI is InChI=1S/C5H6O3/c1-7-4-3(6)5(4)8-2/h1-2H3. The zero-order valence-electron chi connectivity index (χ0n) is 4.72. The summed E-state index contributed by atoms with van der Waals surface area (Å²) in [5.41, 5.74) is -0.116. The number of ether oxygens (including phenoxy) is 2. The first-order valence-electron chi connectivity index (χ1n) is 2.18. The van der Waals surface area contributed by atoms with Gasteiger partial charge in [-0.15, -0.1) is 0 Å². The van der Waals surface area contributed by atoms with Gasteiger partial charge < -0.3 is 9.47 Å². The van der Waals surface area contributed by atoms with Crippen LogP contribution in [0.3, 0.4) is 0 Å². The van der Waals surface area contributed by atoms with Gasteiger partial charge in [-0.25, -0.2) is 0 Å². The molecule has 1 rings (SSSR count). The van der Waals surface area contributed by atoms with E-state index in [1.54, 1.807) is 0 Å². The summed E-state index contributed by atoms with van der Waals surface area (Å²) in [7, 11) is 2.89. The van der Waals surface area contributed by atoms with Crippen LogP contribution in [0.2, 0.25) is 0 Å². The lowest BCUT2D eigenvalue weighted by molar-refractivity contribution is 0.383. The van der Waals surface area contributed by atoms with Crippen LogP contribution in [-0.4, -0.2) is 14.2 Å². The van der Waals surface area contributed by atoms with Gasteiger partial charge >= 0.3 is 0 Å². The molecule has 0 aliphatic heterocycles. The molecule has 0 saturated heterocycles. The van der Waals surface area contributed by atoms with Gasteiger partial charge in [0.2, 0.25) is 11.5 Å². The number of hydrogen-bond donors (Lipinski definition) is 0. The van der Waals surface area contributed by atoms with Crippen LogP contribution in [0.4, 0.5) is 0 Å². The maximum atomic E-state index is 10.4. The van der Waals surface area contributed by atoms with E-state index in [0.29, 0.717) is 11.5 Å². The molecule has 3 heteroatoms. The Morgan fingerprint density at radius 2 is 1.50 bits per heavy atom. The lowest BCUT2D eigenvalue weighted by Gasteiger charge is -1.83. The van der Waals surface area contributed by atoms with Gasteiger partial charge in [-0.2, -0.15) is 0 Å². The smallest absolute Gasteiger partial charge is 0.270 e. The van der Waals surface area contributed by atoms with E-state index in [2.05, 4.69) is 9.47 Å². The molecule has 0 aliphatic rings. The second-order valence-corrected chi connectivity index (χ2v) is 1.40. The van der Waals surface area contributed by atoms with Crippen LogP contribution in [-0.2, 0) is 0 Å². The van der Waals surface area contributed by atoms with E-state index < -0.39 is 0 Å². The molecule has 0 radical (unpaired) electrons. The van der Waals surface area contributed by atoms with E-state index in [0.717, 1.165) is 0 Å². The van der Waals surface area contributed by atoms with Gasteiger partial charge in [0, 0.05) is 0 Å². The van der Waals surface area contributed by atoms with E-state index >= 15 is 0 Å². The molecule has 0 N–H and O–H groups in total. The van der Waals surface area contributed by atoms with Gasteiger partial charge in [-0.1, -0.05) is 0 Å². The van der Waals surface area contributed by atoms with E-state index in [1.165, 1.54) is 14.2 Å². The molecule has 0 aliphatic carbocycles. The number of hydrogen-bond acceptors (Lipinski definition) is 3. The highest BCUT2D eigenvalue weighted by Crippen LogP contribution is 2.27. The molecule has 0 unspecified atom stereocenters. The molecule has 0 atom stereocenters. The van der Waals surface area contributed by atoms with Crippen molar-refractivity contribution in [3.8, 4) is 11.5 Å². The molecule has 0 spiro atoms. The molecule has 0 saturated carbocycles. The van der Waals surface area contributed by atoms with E-state index in [-0.39, 0.29) is 5.43 Å². The Morgan fingerprint density at radius 1 is 1.12 bits per heavy atom. The minimum atomic E-state index is -0.116. The second kappa shape index (κ2) is 1.51. The fraction of sp³-hybridized carbons (Fsp3) is 0.400. The van der Waals surface area contributed by atoms with Gasteiger partial charge in [0.25, 0.3) is 5.43 Å². The highest BCUT2D eigenvalue weighted by Gasteiger charge is 2.23. The molecular formula is C5H6O3. The first kappa shape index (κ1) is 5.15. The van der Waals surface area contributed by atoms with Crippen molar-refractivity contribution in [2.75, 3.05) is 14.2 Å². The zero-order chi connectivity index (χ0) is 6.15. The van der Waals surface area contributed by atoms with Crippen molar-refractivity contribution in [1.29, 1.82) is 0 Å². The molecule has 44 valence electrons. The lowest BCUT2D eigenvalue weighted by Crippen LogP contribution is -1.80. The quantitative estimate of drug-likeness (QED) is 0.540. The minimum Gasteiger partial charge on any atom is -0.489 e. The topological polar surface area (TPSA) is 35.5 Å². The Bertz CT molecular complexity index is 176. The van der Waals surface area contributed by atoms with Crippen LogP contribution >= 0.6 is 0 Å². The van der Waals surface area contributed by atoms with Crippen molar-refractivity contribution >= 4 is 0 Å². The van der Waals surface area contributed by atoms with Gasteiger partial charge in [-0.05, 0) is 0 Å². The van der Waals surface area contributed by atoms with Crippen molar-refractivity contribution in [2.45, 2.75) is 0 Å². The van der Waals surface area contributed by atoms with Crippen LogP contribution in [0.15, 0.2) is 4.79 Å². The first-order chi connectivity index (χ1) is 3.81. The van der Waals surface area contributed by atoms with Crippen molar-refractivity contribution in [1.82, 2.24) is 0 Å². The fourth-order valence-electron chi connectivity index (χ4n) is 0.510. The maximum Gasteiger partial charge on any atom is 0.270 e. The Labute approximate surface area is 46.5 Å². The summed E-state index contributed by atoms with van der Waals surface area (Å²) >= 11 is 0. The van der Waals surface area contributed by atoms with E-state index in [1.807, 2.05) is 0 Å². The summed E-state index contributed by atoms with van der Waals surface area (Å²) in [5.74, 6) is 0.708. The average molecular weight is 114 g/mol. The largest absolute Gasteiger partial charge is 0.489 e. The van der Waals surface area contributed by atoms with E-state index in [4.69, 9.17) is 0 Å². The predicted octanol–water partition coefficient (Wildman–Crippen LogP) is -0.0604. The Kier molecular flexibility index (Phi) is 0.970. The Balaban J connectivity index is 2.70. The molecule has 1 aromatic rings. The Morgan fingerprint density at radius 3 is 1.62 bits per heavy atom. The molecule has 8 heavy (non-hydrogen) atoms. The van der Waals surface area contributed by atoms with Gasteiger partial charge in [0.1, 0.15) is 0 Å². The molecule has 1 aromatic carbocycles. The van der Waals surface area contributed by atoms with Gasteiger partial charge in [-0.3, -0.25) is 4.79 Å². The molecule has 0 fully saturated rings. The monoisotopic (exact) mass is 114 g/mol. The first-order valence-corrected chi connectivity index (χ1v) is 2.18. The summed E-state index contributed by atoms with van der Waals surface area (Å²) in [6.07, 6.45) is 0. The third kappa shape index (κ3) is 0.476. The minimum absolute atomic E-state index is 0.116. The van der Waals surface area contributed by atoms with Crippen LogP contribution in [0.5, 0.6) is 11.5 Å². The van der Waals surface area contributed by atoms with E-state index in [9.17, 15) is 4.79 Å². The molecular weight excluding hydrogens is 108 g/mol. The fourth-order valence-corrected chi connectivity index (χ4v) is 0.510. The van der Waals surface area contributed by atoms with Crippen LogP contribution in [0, 0.1) is 0 Å². The summed E-state index contributed by atoms with van der Waals surface area (Å²) in [5, 5.41) is 0. The maximum absolute atomic E-state index is 10.4. The van der Waals surface area contributed by atoms with Crippen LogP contribution < -0.4 is 14.9 Å². The second-order valence-electron chi connectivity index (χ2n) is 1.40. The van der Waals surface area contributed by atoms with Gasteiger partial charge in [0.05, 0.1) is 14.2 Å². The van der Waals surface area contributed by atoms with Crippen LogP contribution in [0.1, 0.15) is 0 Å². The number of rotatable bonds is 2. The van der Waals surface area contributed by atoms with Crippen LogP contribution in [0.25, 0.3) is 0 Å². The predicted molar refractivity (Wildman–Crippen MR) is 28.2 cm³/mol. The molecule has 0 bridgehead atoms. The summed E-state index contributed by atoms with van der Waals surface area (Å²) in [4.78, 5) is 10.4. The van der Waals surface area contributed by atoms with Crippen molar-refractivity contribution in [3.05, 3.63) is 10.2 Å². The highest BCUT2D eigenvalue weighted by molar-refractivity contribution is 5.53. The third-order valence-corrected chi connectivity index (χ3v) is 0.964. The highest BCUT2D eigenvalue weighted by atomic mass is 16.5. The molecule has 0 amide bonds. The SMILES string of the molecule is COc1c(OC)c1=O.